The van der Waals surface area contributed by atoms with Gasteiger partial charge in [-0.05, 0) is 36.1 Å². The molecule has 2 aromatic rings. The first-order valence-corrected chi connectivity index (χ1v) is 8.26. The number of aliphatic imine (C=N–C) groups is 1. The average molecular weight is 329 g/mol. The van der Waals surface area contributed by atoms with E-state index in [9.17, 15) is 4.39 Å². The van der Waals surface area contributed by atoms with Crippen molar-refractivity contribution in [2.75, 3.05) is 20.1 Å². The Balaban J connectivity index is 1.59. The summed E-state index contributed by atoms with van der Waals surface area (Å²) in [6.07, 6.45) is 5.14. The summed E-state index contributed by atoms with van der Waals surface area (Å²) in [4.78, 5) is 6.67. The molecule has 0 saturated carbocycles. The van der Waals surface area contributed by atoms with Crippen molar-refractivity contribution in [2.24, 2.45) is 12.0 Å². The number of nitrogens with one attached hydrogen (secondary N) is 1. The number of likely N-dealkylation sites (tertiary alicyclic amines) is 1. The smallest absolute Gasteiger partial charge is 0.193 e. The third kappa shape index (κ3) is 3.58. The van der Waals surface area contributed by atoms with Crippen LogP contribution < -0.4 is 5.32 Å². The topological polar surface area (TPSA) is 45.5 Å². The van der Waals surface area contributed by atoms with Gasteiger partial charge < -0.3 is 10.2 Å². The van der Waals surface area contributed by atoms with E-state index in [1.807, 2.05) is 30.1 Å². The lowest BCUT2D eigenvalue weighted by Crippen LogP contribution is -2.39. The zero-order valence-corrected chi connectivity index (χ0v) is 14.5. The minimum absolute atomic E-state index is 0.165. The van der Waals surface area contributed by atoms with Gasteiger partial charge in [0.15, 0.2) is 5.96 Å². The molecule has 1 aromatic heterocycles. The molecule has 1 fully saturated rings. The molecular formula is C18H24FN5. The molecule has 1 atom stereocenters. The van der Waals surface area contributed by atoms with Gasteiger partial charge in [-0.2, -0.15) is 5.10 Å². The van der Waals surface area contributed by atoms with E-state index in [2.05, 4.69) is 26.5 Å². The fourth-order valence-corrected chi connectivity index (χ4v) is 3.21. The average Bonchev–Trinajstić information content (AvgIpc) is 3.20. The second-order valence-corrected chi connectivity index (χ2v) is 6.36. The van der Waals surface area contributed by atoms with Crippen LogP contribution in [0, 0.1) is 12.7 Å². The summed E-state index contributed by atoms with van der Waals surface area (Å²) in [5, 5.41) is 7.65. The maximum absolute atomic E-state index is 13.4. The van der Waals surface area contributed by atoms with Crippen molar-refractivity contribution in [1.82, 2.24) is 20.0 Å². The quantitative estimate of drug-likeness (QED) is 0.695. The largest absolute Gasteiger partial charge is 0.352 e. The molecule has 1 aliphatic heterocycles. The Hall–Kier alpha value is -2.37. The van der Waals surface area contributed by atoms with Crippen LogP contribution in [0.3, 0.4) is 0 Å². The van der Waals surface area contributed by atoms with Gasteiger partial charge in [0.25, 0.3) is 0 Å². The molecule has 5 nitrogen and oxygen atoms in total. The van der Waals surface area contributed by atoms with Gasteiger partial charge in [-0.25, -0.2) is 4.39 Å². The van der Waals surface area contributed by atoms with Gasteiger partial charge in [-0.3, -0.25) is 9.67 Å². The van der Waals surface area contributed by atoms with Crippen molar-refractivity contribution >= 4 is 5.96 Å². The zero-order valence-electron chi connectivity index (χ0n) is 14.5. The number of nitrogens with zero attached hydrogens (tertiary/aromatic N) is 4. The summed E-state index contributed by atoms with van der Waals surface area (Å²) in [7, 11) is 3.75. The third-order valence-electron chi connectivity index (χ3n) is 4.57. The highest BCUT2D eigenvalue weighted by atomic mass is 19.1. The molecule has 2 heterocycles. The van der Waals surface area contributed by atoms with Crippen LogP contribution >= 0.6 is 0 Å². The molecule has 6 heteroatoms. The highest BCUT2D eigenvalue weighted by Crippen LogP contribution is 2.26. The molecule has 0 aliphatic carbocycles. The van der Waals surface area contributed by atoms with Crippen molar-refractivity contribution in [3.8, 4) is 0 Å². The van der Waals surface area contributed by atoms with Crippen LogP contribution in [0.1, 0.15) is 29.0 Å². The van der Waals surface area contributed by atoms with E-state index >= 15 is 0 Å². The number of benzene rings is 1. The van der Waals surface area contributed by atoms with E-state index in [1.54, 1.807) is 14.0 Å². The minimum Gasteiger partial charge on any atom is -0.352 e. The van der Waals surface area contributed by atoms with Crippen LogP contribution in [0.15, 0.2) is 35.6 Å². The van der Waals surface area contributed by atoms with Gasteiger partial charge in [0.05, 0.1) is 6.20 Å². The molecule has 128 valence electrons. The van der Waals surface area contributed by atoms with Crippen LogP contribution in [0.2, 0.25) is 0 Å². The number of hydrogen-bond donors (Lipinski definition) is 1. The first-order chi connectivity index (χ1) is 11.6. The van der Waals surface area contributed by atoms with E-state index in [0.29, 0.717) is 18.0 Å². The van der Waals surface area contributed by atoms with Gasteiger partial charge in [-0.1, -0.05) is 12.1 Å². The Morgan fingerprint density at radius 2 is 2.29 bits per heavy atom. The van der Waals surface area contributed by atoms with E-state index in [-0.39, 0.29) is 5.82 Å². The molecule has 0 radical (unpaired) electrons. The molecule has 0 spiro atoms. The molecule has 24 heavy (non-hydrogen) atoms. The minimum atomic E-state index is -0.165. The van der Waals surface area contributed by atoms with Crippen LogP contribution in [0.25, 0.3) is 0 Å². The van der Waals surface area contributed by atoms with E-state index in [0.717, 1.165) is 31.0 Å². The summed E-state index contributed by atoms with van der Waals surface area (Å²) in [6, 6.07) is 5.20. The lowest BCUT2D eigenvalue weighted by Gasteiger charge is -2.21. The second-order valence-electron chi connectivity index (χ2n) is 6.36. The highest BCUT2D eigenvalue weighted by molar-refractivity contribution is 5.80. The van der Waals surface area contributed by atoms with Crippen molar-refractivity contribution < 1.29 is 4.39 Å². The summed E-state index contributed by atoms with van der Waals surface area (Å²) in [5.41, 5.74) is 3.00. The van der Waals surface area contributed by atoms with Crippen LogP contribution in [0.4, 0.5) is 4.39 Å². The highest BCUT2D eigenvalue weighted by Gasteiger charge is 2.26. The molecule has 0 amide bonds. The Morgan fingerprint density at radius 3 is 2.96 bits per heavy atom. The maximum atomic E-state index is 13.4. The summed E-state index contributed by atoms with van der Waals surface area (Å²) >= 11 is 0. The van der Waals surface area contributed by atoms with E-state index in [1.165, 1.54) is 11.6 Å². The first kappa shape index (κ1) is 16.5. The SMILES string of the molecule is CN=C(NCc1ccc(F)c(C)c1)N1CCC(c2cnn(C)c2)C1. The van der Waals surface area contributed by atoms with Crippen LogP contribution in [-0.2, 0) is 13.6 Å². The molecular weight excluding hydrogens is 305 g/mol. The van der Waals surface area contributed by atoms with Gasteiger partial charge in [0.2, 0.25) is 0 Å². The Morgan fingerprint density at radius 1 is 1.46 bits per heavy atom. The number of aromatic nitrogens is 2. The lowest BCUT2D eigenvalue weighted by atomic mass is 10.0. The predicted molar refractivity (Wildman–Crippen MR) is 93.5 cm³/mol. The number of aryl methyl sites for hydroxylation is 2. The number of guanidine groups is 1. The van der Waals surface area contributed by atoms with E-state index < -0.39 is 0 Å². The van der Waals surface area contributed by atoms with Gasteiger partial charge >= 0.3 is 0 Å². The molecule has 3 rings (SSSR count). The van der Waals surface area contributed by atoms with Crippen LogP contribution in [0.5, 0.6) is 0 Å². The van der Waals surface area contributed by atoms with Crippen molar-refractivity contribution in [2.45, 2.75) is 25.8 Å². The summed E-state index contributed by atoms with van der Waals surface area (Å²) in [6.45, 7) is 4.34. The maximum Gasteiger partial charge on any atom is 0.193 e. The van der Waals surface area contributed by atoms with Crippen LogP contribution in [-0.4, -0.2) is 40.8 Å². The summed E-state index contributed by atoms with van der Waals surface area (Å²) < 4.78 is 15.2. The first-order valence-electron chi connectivity index (χ1n) is 8.26. The Bertz CT molecular complexity index is 737. The monoisotopic (exact) mass is 329 g/mol. The van der Waals surface area contributed by atoms with Gasteiger partial charge in [-0.15, -0.1) is 0 Å². The molecule has 1 aromatic carbocycles. The van der Waals surface area contributed by atoms with Gasteiger partial charge in [0, 0.05) is 45.8 Å². The Kier molecular flexibility index (Phi) is 4.83. The van der Waals surface area contributed by atoms with Crippen molar-refractivity contribution in [3.63, 3.8) is 0 Å². The Labute approximate surface area is 142 Å². The standard InChI is InChI=1S/C18H24FN5/c1-13-8-14(4-5-17(13)19)9-21-18(20-2)24-7-6-15(12-24)16-10-22-23(3)11-16/h4-5,8,10-11,15H,6-7,9,12H2,1-3H3,(H,20,21). The molecule has 1 aliphatic rings. The lowest BCUT2D eigenvalue weighted by molar-refractivity contribution is 0.485. The molecule has 1 unspecified atom stereocenters. The molecule has 1 saturated heterocycles. The van der Waals surface area contributed by atoms with Crippen molar-refractivity contribution in [1.29, 1.82) is 0 Å². The summed E-state index contributed by atoms with van der Waals surface area (Å²) in [5.74, 6) is 1.22. The van der Waals surface area contributed by atoms with Gasteiger partial charge in [0.1, 0.15) is 5.82 Å². The predicted octanol–water partition coefficient (Wildman–Crippen LogP) is 2.43. The molecule has 1 N–H and O–H groups in total. The number of halogens is 1. The number of rotatable bonds is 3. The number of hydrogen-bond acceptors (Lipinski definition) is 2. The second kappa shape index (κ2) is 7.03. The zero-order chi connectivity index (χ0) is 17.1. The van der Waals surface area contributed by atoms with E-state index in [4.69, 9.17) is 0 Å². The normalized spacial score (nSPS) is 18.2. The fraction of sp³-hybridized carbons (Fsp3) is 0.444. The van der Waals surface area contributed by atoms with Crippen molar-refractivity contribution in [3.05, 3.63) is 53.1 Å². The molecule has 0 bridgehead atoms. The third-order valence-corrected chi connectivity index (χ3v) is 4.57. The fourth-order valence-electron chi connectivity index (χ4n) is 3.21.